The first kappa shape index (κ1) is 12.2. The lowest BCUT2D eigenvalue weighted by Crippen LogP contribution is -1.86. The Bertz CT molecular complexity index is 384. The van der Waals surface area contributed by atoms with Crippen molar-refractivity contribution < 1.29 is 0 Å². The zero-order valence-corrected chi connectivity index (χ0v) is 10.1. The molecule has 0 saturated heterocycles. The van der Waals surface area contributed by atoms with Gasteiger partial charge < -0.3 is 0 Å². The predicted molar refractivity (Wildman–Crippen MR) is 67.4 cm³/mol. The molecule has 0 amide bonds. The maximum Gasteiger partial charge on any atom is 0.0582 e. The molecule has 0 N–H and O–H groups in total. The van der Waals surface area contributed by atoms with Crippen LogP contribution in [-0.2, 0) is 0 Å². The van der Waals surface area contributed by atoms with Crippen LogP contribution in [0, 0.1) is 5.92 Å². The number of halogens is 2. The summed E-state index contributed by atoms with van der Waals surface area (Å²) < 4.78 is 0. The van der Waals surface area contributed by atoms with Crippen LogP contribution in [0.25, 0.3) is 0 Å². The Kier molecular flexibility index (Phi) is 4.79. The van der Waals surface area contributed by atoms with Gasteiger partial charge in [-0.3, -0.25) is 0 Å². The maximum absolute atomic E-state index is 5.94. The average Bonchev–Trinajstić information content (AvgIpc) is 2.14. The van der Waals surface area contributed by atoms with Crippen molar-refractivity contribution in [1.82, 2.24) is 0 Å². The van der Waals surface area contributed by atoms with Crippen LogP contribution in [0.4, 0.5) is 0 Å². The summed E-state index contributed by atoms with van der Waals surface area (Å²) in [7, 11) is 0. The minimum atomic E-state index is 0.392. The van der Waals surface area contributed by atoms with Gasteiger partial charge in [-0.15, -0.1) is 0 Å². The number of hydrogen-bond acceptors (Lipinski definition) is 2. The number of rotatable bonds is 3. The highest BCUT2D eigenvalue weighted by molar-refractivity contribution is 6.36. The van der Waals surface area contributed by atoms with Gasteiger partial charge in [0, 0.05) is 16.8 Å². The highest BCUT2D eigenvalue weighted by atomic mass is 35.5. The van der Waals surface area contributed by atoms with Crippen molar-refractivity contribution in [1.29, 1.82) is 0 Å². The van der Waals surface area contributed by atoms with Crippen molar-refractivity contribution in [2.24, 2.45) is 16.1 Å². The highest BCUT2D eigenvalue weighted by Crippen LogP contribution is 2.19. The fraction of sp³-hybridized carbons (Fsp3) is 0.273. The Balaban J connectivity index is 2.72. The molecular formula is C11H12Cl2N2. The van der Waals surface area contributed by atoms with Crippen LogP contribution in [0.1, 0.15) is 19.4 Å². The summed E-state index contributed by atoms with van der Waals surface area (Å²) in [5.41, 5.74) is 0.807. The summed E-state index contributed by atoms with van der Waals surface area (Å²) in [5.74, 6) is 0.392. The molecule has 0 heterocycles. The molecule has 0 fully saturated rings. The van der Waals surface area contributed by atoms with E-state index in [0.717, 1.165) is 5.56 Å². The van der Waals surface area contributed by atoms with Gasteiger partial charge in [0.15, 0.2) is 0 Å². The summed E-state index contributed by atoms with van der Waals surface area (Å²) in [6, 6.07) is 5.25. The van der Waals surface area contributed by atoms with Crippen molar-refractivity contribution in [2.75, 3.05) is 0 Å². The molecule has 1 aromatic carbocycles. The molecule has 2 nitrogen and oxygen atoms in total. The first-order chi connectivity index (χ1) is 7.09. The molecule has 0 aliphatic rings. The Labute approximate surface area is 99.6 Å². The van der Waals surface area contributed by atoms with Crippen molar-refractivity contribution in [3.63, 3.8) is 0 Å². The second-order valence-electron chi connectivity index (χ2n) is 3.42. The van der Waals surface area contributed by atoms with Crippen LogP contribution in [0.5, 0.6) is 0 Å². The van der Waals surface area contributed by atoms with Gasteiger partial charge in [-0.2, -0.15) is 10.2 Å². The Morgan fingerprint density at radius 3 is 2.53 bits per heavy atom. The van der Waals surface area contributed by atoms with Crippen LogP contribution in [0.3, 0.4) is 0 Å². The molecule has 0 spiro atoms. The zero-order chi connectivity index (χ0) is 11.3. The van der Waals surface area contributed by atoms with Gasteiger partial charge in [0.05, 0.1) is 11.2 Å². The second kappa shape index (κ2) is 5.89. The minimum Gasteiger partial charge on any atom is -0.163 e. The van der Waals surface area contributed by atoms with E-state index in [2.05, 4.69) is 10.2 Å². The van der Waals surface area contributed by atoms with Crippen molar-refractivity contribution in [2.45, 2.75) is 13.8 Å². The monoisotopic (exact) mass is 242 g/mol. The van der Waals surface area contributed by atoms with Crippen LogP contribution >= 0.6 is 23.2 Å². The number of hydrogen-bond donors (Lipinski definition) is 0. The Morgan fingerprint density at radius 1 is 1.20 bits per heavy atom. The largest absolute Gasteiger partial charge is 0.163 e. The van der Waals surface area contributed by atoms with Gasteiger partial charge in [-0.25, -0.2) is 0 Å². The third-order valence-corrected chi connectivity index (χ3v) is 2.15. The van der Waals surface area contributed by atoms with E-state index in [1.807, 2.05) is 13.8 Å². The minimum absolute atomic E-state index is 0.392. The molecule has 1 aromatic rings. The number of nitrogens with zero attached hydrogens (tertiary/aromatic N) is 2. The predicted octanol–water partition coefficient (Wildman–Crippen LogP) is 4.05. The SMILES string of the molecule is CC(C)/C=N\N=C/c1ccc(Cl)cc1Cl. The van der Waals surface area contributed by atoms with Gasteiger partial charge >= 0.3 is 0 Å². The molecular weight excluding hydrogens is 231 g/mol. The molecule has 4 heteroatoms. The van der Waals surface area contributed by atoms with E-state index >= 15 is 0 Å². The van der Waals surface area contributed by atoms with E-state index in [-0.39, 0.29) is 0 Å². The molecule has 15 heavy (non-hydrogen) atoms. The zero-order valence-electron chi connectivity index (χ0n) is 8.61. The maximum atomic E-state index is 5.94. The summed E-state index contributed by atoms with van der Waals surface area (Å²) in [6.07, 6.45) is 3.37. The first-order valence-corrected chi connectivity index (χ1v) is 5.37. The quantitative estimate of drug-likeness (QED) is 0.565. The second-order valence-corrected chi connectivity index (χ2v) is 4.26. The normalized spacial score (nSPS) is 12.1. The molecule has 0 radical (unpaired) electrons. The van der Waals surface area contributed by atoms with Crippen molar-refractivity contribution in [3.8, 4) is 0 Å². The molecule has 0 aromatic heterocycles. The molecule has 0 saturated carbocycles. The molecule has 1 rings (SSSR count). The summed E-state index contributed by atoms with van der Waals surface area (Å²) >= 11 is 11.7. The third-order valence-electron chi connectivity index (χ3n) is 1.59. The molecule has 0 atom stereocenters. The van der Waals surface area contributed by atoms with Gasteiger partial charge in [0.1, 0.15) is 0 Å². The molecule has 0 aliphatic heterocycles. The van der Waals surface area contributed by atoms with E-state index in [1.54, 1.807) is 30.6 Å². The fourth-order valence-electron chi connectivity index (χ4n) is 0.874. The standard InChI is InChI=1S/C11H12Cl2N2/c1-8(2)6-14-15-7-9-3-4-10(12)5-11(9)13/h3-8H,1-2H3/b14-6-,15-7-. The first-order valence-electron chi connectivity index (χ1n) is 4.61. The molecule has 0 unspecified atom stereocenters. The van der Waals surface area contributed by atoms with E-state index in [1.165, 1.54) is 0 Å². The third kappa shape index (κ3) is 4.45. The van der Waals surface area contributed by atoms with E-state index in [4.69, 9.17) is 23.2 Å². The Hall–Kier alpha value is -0.860. The summed E-state index contributed by atoms with van der Waals surface area (Å²) in [4.78, 5) is 0. The number of benzene rings is 1. The molecule has 80 valence electrons. The Morgan fingerprint density at radius 2 is 1.93 bits per heavy atom. The van der Waals surface area contributed by atoms with Gasteiger partial charge in [0.25, 0.3) is 0 Å². The lowest BCUT2D eigenvalue weighted by atomic mass is 10.2. The van der Waals surface area contributed by atoms with Gasteiger partial charge in [-0.05, 0) is 18.1 Å². The van der Waals surface area contributed by atoms with Crippen molar-refractivity contribution >= 4 is 35.6 Å². The smallest absolute Gasteiger partial charge is 0.0582 e. The lowest BCUT2D eigenvalue weighted by molar-refractivity contribution is 0.900. The highest BCUT2D eigenvalue weighted by Gasteiger charge is 1.97. The van der Waals surface area contributed by atoms with E-state index in [9.17, 15) is 0 Å². The van der Waals surface area contributed by atoms with Gasteiger partial charge in [0.2, 0.25) is 0 Å². The van der Waals surface area contributed by atoms with Crippen molar-refractivity contribution in [3.05, 3.63) is 33.8 Å². The average molecular weight is 243 g/mol. The molecule has 0 aliphatic carbocycles. The summed E-state index contributed by atoms with van der Waals surface area (Å²) in [5, 5.41) is 8.96. The topological polar surface area (TPSA) is 24.7 Å². The van der Waals surface area contributed by atoms with E-state index in [0.29, 0.717) is 16.0 Å². The van der Waals surface area contributed by atoms with Crippen LogP contribution in [-0.4, -0.2) is 12.4 Å². The van der Waals surface area contributed by atoms with Crippen LogP contribution in [0.2, 0.25) is 10.0 Å². The van der Waals surface area contributed by atoms with Crippen LogP contribution in [0.15, 0.2) is 28.4 Å². The fourth-order valence-corrected chi connectivity index (χ4v) is 1.33. The molecule has 0 bridgehead atoms. The van der Waals surface area contributed by atoms with Gasteiger partial charge in [-0.1, -0.05) is 43.1 Å². The summed E-state index contributed by atoms with van der Waals surface area (Å²) in [6.45, 7) is 4.07. The van der Waals surface area contributed by atoms with Crippen LogP contribution < -0.4 is 0 Å². The van der Waals surface area contributed by atoms with E-state index < -0.39 is 0 Å². The lowest BCUT2D eigenvalue weighted by Gasteiger charge is -1.96.